The predicted octanol–water partition coefficient (Wildman–Crippen LogP) is 6.26. The quantitative estimate of drug-likeness (QED) is 0.232. The van der Waals surface area contributed by atoms with Crippen LogP contribution < -0.4 is 0 Å². The molecule has 0 aliphatic carbocycles. The minimum atomic E-state index is -0.820. The third-order valence-electron chi connectivity index (χ3n) is 4.59. The fraction of sp³-hybridized carbons (Fsp3) is 0.905. The van der Waals surface area contributed by atoms with E-state index in [0.717, 1.165) is 38.5 Å². The Morgan fingerprint density at radius 2 is 1.24 bits per heavy atom. The summed E-state index contributed by atoms with van der Waals surface area (Å²) in [6.07, 6.45) is 15.8. The van der Waals surface area contributed by atoms with Gasteiger partial charge in [-0.25, -0.2) is 0 Å². The van der Waals surface area contributed by atoms with Crippen molar-refractivity contribution in [3.63, 3.8) is 0 Å². The lowest BCUT2D eigenvalue weighted by molar-refractivity contribution is -0.151. The molecule has 4 heteroatoms. The maximum atomic E-state index is 11.9. The van der Waals surface area contributed by atoms with Gasteiger partial charge in [0.05, 0.1) is 0 Å². The molecule has 0 aliphatic heterocycles. The first kappa shape index (κ1) is 23.9. The van der Waals surface area contributed by atoms with Crippen LogP contribution in [0, 0.1) is 0 Å². The average Bonchev–Trinajstić information content (AvgIpc) is 2.58. The van der Waals surface area contributed by atoms with Gasteiger partial charge in [0.15, 0.2) is 0 Å². The van der Waals surface area contributed by atoms with Crippen molar-refractivity contribution in [2.75, 3.05) is 0 Å². The Morgan fingerprint density at radius 3 is 1.80 bits per heavy atom. The molecule has 0 aliphatic rings. The van der Waals surface area contributed by atoms with Crippen LogP contribution in [0.3, 0.4) is 0 Å². The summed E-state index contributed by atoms with van der Waals surface area (Å²) in [6, 6.07) is 0. The SMILES string of the molecule is CCCCCCCCCCC[C@H](CCC(=O)O)OC(=O)CCCCC. The highest BCUT2D eigenvalue weighted by molar-refractivity contribution is 5.69. The van der Waals surface area contributed by atoms with Crippen LogP contribution in [-0.2, 0) is 14.3 Å². The third kappa shape index (κ3) is 17.6. The summed E-state index contributed by atoms with van der Waals surface area (Å²) in [6.45, 7) is 4.34. The summed E-state index contributed by atoms with van der Waals surface area (Å²) in [7, 11) is 0. The number of carboxylic acid groups (broad SMARTS) is 1. The highest BCUT2D eigenvalue weighted by atomic mass is 16.5. The van der Waals surface area contributed by atoms with E-state index in [1.807, 2.05) is 0 Å². The van der Waals surface area contributed by atoms with Crippen molar-refractivity contribution in [2.45, 2.75) is 123 Å². The lowest BCUT2D eigenvalue weighted by Crippen LogP contribution is -2.19. The van der Waals surface area contributed by atoms with Crippen molar-refractivity contribution in [3.8, 4) is 0 Å². The minimum absolute atomic E-state index is 0.0737. The zero-order valence-electron chi connectivity index (χ0n) is 16.6. The number of carbonyl (C=O) groups is 2. The molecule has 1 atom stereocenters. The number of unbranched alkanes of at least 4 members (excludes halogenated alkanes) is 10. The van der Waals surface area contributed by atoms with Crippen LogP contribution >= 0.6 is 0 Å². The Kier molecular flexibility index (Phi) is 17.0. The maximum Gasteiger partial charge on any atom is 0.306 e. The Balaban J connectivity index is 3.86. The summed E-state index contributed by atoms with van der Waals surface area (Å²) < 4.78 is 5.52. The molecule has 0 bridgehead atoms. The Labute approximate surface area is 154 Å². The molecule has 0 aromatic heterocycles. The van der Waals surface area contributed by atoms with Gasteiger partial charge in [0.1, 0.15) is 6.10 Å². The van der Waals surface area contributed by atoms with E-state index in [4.69, 9.17) is 9.84 Å². The molecular formula is C21H40O4. The molecule has 4 nitrogen and oxygen atoms in total. The van der Waals surface area contributed by atoms with E-state index in [9.17, 15) is 9.59 Å². The van der Waals surface area contributed by atoms with Gasteiger partial charge in [-0.05, 0) is 25.7 Å². The van der Waals surface area contributed by atoms with E-state index in [1.54, 1.807) is 0 Å². The number of carboxylic acids is 1. The number of rotatable bonds is 18. The Morgan fingerprint density at radius 1 is 0.720 bits per heavy atom. The monoisotopic (exact) mass is 356 g/mol. The van der Waals surface area contributed by atoms with Gasteiger partial charge in [-0.1, -0.05) is 78.1 Å². The van der Waals surface area contributed by atoms with Crippen LogP contribution in [0.1, 0.15) is 117 Å². The number of hydrogen-bond acceptors (Lipinski definition) is 3. The van der Waals surface area contributed by atoms with Crippen molar-refractivity contribution < 1.29 is 19.4 Å². The molecular weight excluding hydrogens is 316 g/mol. The topological polar surface area (TPSA) is 63.6 Å². The van der Waals surface area contributed by atoms with Crippen LogP contribution in [0.2, 0.25) is 0 Å². The van der Waals surface area contributed by atoms with Crippen molar-refractivity contribution >= 4 is 11.9 Å². The molecule has 0 aromatic carbocycles. The predicted molar refractivity (Wildman–Crippen MR) is 103 cm³/mol. The highest BCUT2D eigenvalue weighted by Crippen LogP contribution is 2.16. The van der Waals surface area contributed by atoms with Crippen LogP contribution in [0.25, 0.3) is 0 Å². The first-order valence-corrected chi connectivity index (χ1v) is 10.5. The second kappa shape index (κ2) is 17.8. The van der Waals surface area contributed by atoms with Crippen molar-refractivity contribution in [3.05, 3.63) is 0 Å². The zero-order valence-corrected chi connectivity index (χ0v) is 16.6. The smallest absolute Gasteiger partial charge is 0.306 e. The Bertz CT molecular complexity index is 328. The molecule has 0 radical (unpaired) electrons. The van der Waals surface area contributed by atoms with Crippen LogP contribution in [-0.4, -0.2) is 23.1 Å². The summed E-state index contributed by atoms with van der Waals surface area (Å²) in [4.78, 5) is 22.6. The van der Waals surface area contributed by atoms with E-state index in [1.165, 1.54) is 44.9 Å². The lowest BCUT2D eigenvalue weighted by atomic mass is 10.0. The van der Waals surface area contributed by atoms with Gasteiger partial charge in [0.25, 0.3) is 0 Å². The van der Waals surface area contributed by atoms with Gasteiger partial charge < -0.3 is 9.84 Å². The van der Waals surface area contributed by atoms with E-state index in [0.29, 0.717) is 12.8 Å². The number of aliphatic carboxylic acids is 1. The van der Waals surface area contributed by atoms with Crippen molar-refractivity contribution in [2.24, 2.45) is 0 Å². The molecule has 0 spiro atoms. The summed E-state index contributed by atoms with van der Waals surface area (Å²) in [5, 5.41) is 8.86. The Hall–Kier alpha value is -1.06. The van der Waals surface area contributed by atoms with E-state index in [2.05, 4.69) is 13.8 Å². The van der Waals surface area contributed by atoms with Gasteiger partial charge in [-0.3, -0.25) is 9.59 Å². The van der Waals surface area contributed by atoms with Crippen LogP contribution in [0.5, 0.6) is 0 Å². The van der Waals surface area contributed by atoms with E-state index < -0.39 is 5.97 Å². The molecule has 0 rings (SSSR count). The molecule has 0 aromatic rings. The summed E-state index contributed by atoms with van der Waals surface area (Å²) in [5.74, 6) is -0.987. The highest BCUT2D eigenvalue weighted by Gasteiger charge is 2.15. The number of esters is 1. The van der Waals surface area contributed by atoms with Crippen LogP contribution in [0.15, 0.2) is 0 Å². The van der Waals surface area contributed by atoms with E-state index >= 15 is 0 Å². The zero-order chi connectivity index (χ0) is 18.8. The van der Waals surface area contributed by atoms with Gasteiger partial charge in [0.2, 0.25) is 0 Å². The fourth-order valence-electron chi connectivity index (χ4n) is 2.99. The van der Waals surface area contributed by atoms with Gasteiger partial charge >= 0.3 is 11.9 Å². The van der Waals surface area contributed by atoms with Gasteiger partial charge in [-0.15, -0.1) is 0 Å². The fourth-order valence-corrected chi connectivity index (χ4v) is 2.99. The molecule has 25 heavy (non-hydrogen) atoms. The normalized spacial score (nSPS) is 12.1. The van der Waals surface area contributed by atoms with Gasteiger partial charge in [0, 0.05) is 12.8 Å². The second-order valence-electron chi connectivity index (χ2n) is 7.12. The largest absolute Gasteiger partial charge is 0.481 e. The molecule has 0 saturated heterocycles. The second-order valence-corrected chi connectivity index (χ2v) is 7.12. The number of carbonyl (C=O) groups excluding carboxylic acids is 1. The molecule has 148 valence electrons. The lowest BCUT2D eigenvalue weighted by Gasteiger charge is -2.17. The van der Waals surface area contributed by atoms with E-state index in [-0.39, 0.29) is 18.5 Å². The summed E-state index contributed by atoms with van der Waals surface area (Å²) >= 11 is 0. The third-order valence-corrected chi connectivity index (χ3v) is 4.59. The van der Waals surface area contributed by atoms with Crippen molar-refractivity contribution in [1.82, 2.24) is 0 Å². The summed E-state index contributed by atoms with van der Waals surface area (Å²) in [5.41, 5.74) is 0. The van der Waals surface area contributed by atoms with Gasteiger partial charge in [-0.2, -0.15) is 0 Å². The van der Waals surface area contributed by atoms with Crippen molar-refractivity contribution in [1.29, 1.82) is 0 Å². The number of ether oxygens (including phenoxy) is 1. The molecule has 1 N–H and O–H groups in total. The molecule has 0 fully saturated rings. The number of hydrogen-bond donors (Lipinski definition) is 1. The minimum Gasteiger partial charge on any atom is -0.481 e. The van der Waals surface area contributed by atoms with Crippen LogP contribution in [0.4, 0.5) is 0 Å². The molecule has 0 amide bonds. The molecule has 0 saturated carbocycles. The average molecular weight is 357 g/mol. The first-order valence-electron chi connectivity index (χ1n) is 10.5. The standard InChI is InChI=1S/C21H40O4/c1-3-5-7-8-9-10-11-12-14-15-19(17-18-20(22)23)25-21(24)16-13-6-4-2/h19H,3-18H2,1-2H3,(H,22,23)/t19-/m1/s1. The molecule has 0 unspecified atom stereocenters. The maximum absolute atomic E-state index is 11.9. The first-order chi connectivity index (χ1) is 12.1. The molecule has 0 heterocycles.